The SMILES string of the molecule is Nc1cccc(OCCS(=O)(=O)CC(=O)O)c1. The first-order valence-electron chi connectivity index (χ1n) is 4.79. The van der Waals surface area contributed by atoms with E-state index in [1.165, 1.54) is 0 Å². The van der Waals surface area contributed by atoms with E-state index in [4.69, 9.17) is 15.6 Å². The van der Waals surface area contributed by atoms with E-state index in [1.807, 2.05) is 0 Å². The van der Waals surface area contributed by atoms with Crippen molar-refractivity contribution in [2.24, 2.45) is 0 Å². The highest BCUT2D eigenvalue weighted by atomic mass is 32.2. The van der Waals surface area contributed by atoms with Crippen molar-refractivity contribution in [1.29, 1.82) is 0 Å². The van der Waals surface area contributed by atoms with E-state index >= 15 is 0 Å². The predicted molar refractivity (Wildman–Crippen MR) is 62.6 cm³/mol. The van der Waals surface area contributed by atoms with Crippen molar-refractivity contribution in [2.45, 2.75) is 0 Å². The average molecular weight is 259 g/mol. The molecule has 0 aromatic heterocycles. The predicted octanol–water partition coefficient (Wildman–Crippen LogP) is 0.147. The molecule has 1 aromatic rings. The van der Waals surface area contributed by atoms with E-state index in [9.17, 15) is 13.2 Å². The van der Waals surface area contributed by atoms with E-state index < -0.39 is 21.6 Å². The Morgan fingerprint density at radius 1 is 1.41 bits per heavy atom. The highest BCUT2D eigenvalue weighted by Crippen LogP contribution is 2.14. The van der Waals surface area contributed by atoms with Gasteiger partial charge in [-0.15, -0.1) is 0 Å². The molecule has 6 nitrogen and oxygen atoms in total. The quantitative estimate of drug-likeness (QED) is 0.704. The number of carboxylic acid groups (broad SMARTS) is 1. The summed E-state index contributed by atoms with van der Waals surface area (Å²) in [6.07, 6.45) is 0. The van der Waals surface area contributed by atoms with Crippen LogP contribution in [0.4, 0.5) is 5.69 Å². The van der Waals surface area contributed by atoms with Gasteiger partial charge in [0, 0.05) is 11.8 Å². The molecule has 0 bridgehead atoms. The van der Waals surface area contributed by atoms with Crippen LogP contribution in [0.25, 0.3) is 0 Å². The van der Waals surface area contributed by atoms with Crippen LogP contribution in [-0.2, 0) is 14.6 Å². The number of nitrogen functional groups attached to an aromatic ring is 1. The zero-order valence-electron chi connectivity index (χ0n) is 9.00. The fraction of sp³-hybridized carbons (Fsp3) is 0.300. The van der Waals surface area contributed by atoms with E-state index in [0.717, 1.165) is 0 Å². The smallest absolute Gasteiger partial charge is 0.318 e. The number of aliphatic carboxylic acids is 1. The number of benzene rings is 1. The molecule has 0 atom stereocenters. The number of anilines is 1. The summed E-state index contributed by atoms with van der Waals surface area (Å²) in [4.78, 5) is 10.3. The Morgan fingerprint density at radius 2 is 2.12 bits per heavy atom. The molecule has 0 aliphatic rings. The minimum Gasteiger partial charge on any atom is -0.492 e. The van der Waals surface area contributed by atoms with Crippen molar-refractivity contribution in [1.82, 2.24) is 0 Å². The zero-order valence-corrected chi connectivity index (χ0v) is 9.81. The number of nitrogens with two attached hydrogens (primary N) is 1. The molecule has 0 amide bonds. The Hall–Kier alpha value is -1.76. The van der Waals surface area contributed by atoms with Crippen LogP contribution in [0, 0.1) is 0 Å². The summed E-state index contributed by atoms with van der Waals surface area (Å²) in [5.41, 5.74) is 6.02. The van der Waals surface area contributed by atoms with Crippen LogP contribution in [0.1, 0.15) is 0 Å². The van der Waals surface area contributed by atoms with Gasteiger partial charge in [0.05, 0.1) is 5.75 Å². The van der Waals surface area contributed by atoms with Crippen molar-refractivity contribution in [3.63, 3.8) is 0 Å². The van der Waals surface area contributed by atoms with Crippen molar-refractivity contribution in [3.05, 3.63) is 24.3 Å². The third-order valence-corrected chi connectivity index (χ3v) is 3.34. The summed E-state index contributed by atoms with van der Waals surface area (Å²) < 4.78 is 27.6. The molecule has 0 saturated carbocycles. The van der Waals surface area contributed by atoms with Gasteiger partial charge in [-0.25, -0.2) is 8.42 Å². The summed E-state index contributed by atoms with van der Waals surface area (Å²) in [6, 6.07) is 6.55. The maximum atomic E-state index is 11.2. The average Bonchev–Trinajstić information content (AvgIpc) is 2.15. The molecule has 0 radical (unpaired) electrons. The Morgan fingerprint density at radius 3 is 2.71 bits per heavy atom. The number of hydrogen-bond donors (Lipinski definition) is 2. The van der Waals surface area contributed by atoms with Crippen molar-refractivity contribution >= 4 is 21.5 Å². The van der Waals surface area contributed by atoms with Gasteiger partial charge in [0.15, 0.2) is 9.84 Å². The molecule has 0 heterocycles. The molecule has 0 unspecified atom stereocenters. The third kappa shape index (κ3) is 5.21. The Labute approximate surface area is 98.9 Å². The maximum Gasteiger partial charge on any atom is 0.318 e. The van der Waals surface area contributed by atoms with Gasteiger partial charge < -0.3 is 15.6 Å². The second-order valence-electron chi connectivity index (χ2n) is 3.41. The lowest BCUT2D eigenvalue weighted by atomic mass is 10.3. The second-order valence-corrected chi connectivity index (χ2v) is 5.59. The molecule has 3 N–H and O–H groups in total. The van der Waals surface area contributed by atoms with Crippen LogP contribution in [0.15, 0.2) is 24.3 Å². The summed E-state index contributed by atoms with van der Waals surface area (Å²) in [6.45, 7) is -0.0981. The van der Waals surface area contributed by atoms with Gasteiger partial charge in [-0.1, -0.05) is 6.07 Å². The molecular weight excluding hydrogens is 246 g/mol. The molecule has 0 saturated heterocycles. The number of carboxylic acids is 1. The monoisotopic (exact) mass is 259 g/mol. The molecule has 17 heavy (non-hydrogen) atoms. The number of ether oxygens (including phenoxy) is 1. The van der Waals surface area contributed by atoms with Crippen LogP contribution in [0.5, 0.6) is 5.75 Å². The Bertz CT molecular complexity index is 497. The number of carbonyl (C=O) groups is 1. The van der Waals surface area contributed by atoms with Crippen LogP contribution in [0.2, 0.25) is 0 Å². The largest absolute Gasteiger partial charge is 0.492 e. The minimum atomic E-state index is -3.62. The third-order valence-electron chi connectivity index (χ3n) is 1.86. The van der Waals surface area contributed by atoms with E-state index in [2.05, 4.69) is 0 Å². The first-order chi connectivity index (χ1) is 7.89. The summed E-state index contributed by atoms with van der Waals surface area (Å²) in [7, 11) is -3.62. The number of hydrogen-bond acceptors (Lipinski definition) is 5. The number of rotatable bonds is 6. The molecule has 1 rings (SSSR count). The standard InChI is InChI=1S/C10H13NO5S/c11-8-2-1-3-9(6-8)16-4-5-17(14,15)7-10(12)13/h1-3,6H,4-5,7,11H2,(H,12,13). The normalized spacial score (nSPS) is 11.1. The van der Waals surface area contributed by atoms with Gasteiger partial charge in [0.1, 0.15) is 18.1 Å². The summed E-state index contributed by atoms with van der Waals surface area (Å²) in [5.74, 6) is -2.13. The van der Waals surface area contributed by atoms with Crippen LogP contribution in [-0.4, -0.2) is 37.6 Å². The fourth-order valence-electron chi connectivity index (χ4n) is 1.15. The molecule has 0 spiro atoms. The first kappa shape index (κ1) is 13.3. The molecule has 0 fully saturated rings. The molecule has 0 aliphatic carbocycles. The fourth-order valence-corrected chi connectivity index (χ4v) is 2.01. The van der Waals surface area contributed by atoms with Gasteiger partial charge in [-0.05, 0) is 12.1 Å². The molecule has 94 valence electrons. The zero-order chi connectivity index (χ0) is 12.9. The van der Waals surface area contributed by atoms with E-state index in [-0.39, 0.29) is 12.4 Å². The lowest BCUT2D eigenvalue weighted by molar-refractivity contribution is -0.134. The second kappa shape index (κ2) is 5.53. The summed E-state index contributed by atoms with van der Waals surface area (Å²) in [5, 5.41) is 8.37. The van der Waals surface area contributed by atoms with Gasteiger partial charge in [-0.3, -0.25) is 4.79 Å². The van der Waals surface area contributed by atoms with Gasteiger partial charge >= 0.3 is 5.97 Å². The van der Waals surface area contributed by atoms with Crippen LogP contribution < -0.4 is 10.5 Å². The topological polar surface area (TPSA) is 107 Å². The van der Waals surface area contributed by atoms with Crippen molar-refractivity contribution < 1.29 is 23.1 Å². The number of sulfone groups is 1. The van der Waals surface area contributed by atoms with Gasteiger partial charge in [-0.2, -0.15) is 0 Å². The highest BCUT2D eigenvalue weighted by molar-refractivity contribution is 7.92. The summed E-state index contributed by atoms with van der Waals surface area (Å²) >= 11 is 0. The van der Waals surface area contributed by atoms with Crippen molar-refractivity contribution in [2.75, 3.05) is 23.8 Å². The molecule has 1 aromatic carbocycles. The molecular formula is C10H13NO5S. The van der Waals surface area contributed by atoms with Crippen LogP contribution >= 0.6 is 0 Å². The maximum absolute atomic E-state index is 11.2. The van der Waals surface area contributed by atoms with E-state index in [0.29, 0.717) is 11.4 Å². The first-order valence-corrected chi connectivity index (χ1v) is 6.62. The van der Waals surface area contributed by atoms with Crippen LogP contribution in [0.3, 0.4) is 0 Å². The Kier molecular flexibility index (Phi) is 4.33. The minimum absolute atomic E-state index is 0.0981. The van der Waals surface area contributed by atoms with Gasteiger partial charge in [0.25, 0.3) is 0 Å². The van der Waals surface area contributed by atoms with E-state index in [1.54, 1.807) is 24.3 Å². The van der Waals surface area contributed by atoms with Gasteiger partial charge in [0.2, 0.25) is 0 Å². The lowest BCUT2D eigenvalue weighted by Crippen LogP contribution is -2.22. The molecule has 7 heteroatoms. The van der Waals surface area contributed by atoms with Crippen molar-refractivity contribution in [3.8, 4) is 5.75 Å². The Balaban J connectivity index is 2.45. The lowest BCUT2D eigenvalue weighted by Gasteiger charge is -2.06. The molecule has 0 aliphatic heterocycles. The highest BCUT2D eigenvalue weighted by Gasteiger charge is 2.15.